The van der Waals surface area contributed by atoms with E-state index in [1.165, 1.54) is 26.9 Å². The molecule has 11 rings (SSSR count). The minimum absolute atomic E-state index is 0.627. The fraction of sp³-hybridized carbons (Fsp3) is 0. The van der Waals surface area contributed by atoms with Gasteiger partial charge in [-0.1, -0.05) is 164 Å². The predicted octanol–water partition coefficient (Wildman–Crippen LogP) is 13.6. The van der Waals surface area contributed by atoms with E-state index in [9.17, 15) is 0 Å². The van der Waals surface area contributed by atoms with Crippen LogP contribution >= 0.6 is 0 Å². The van der Waals surface area contributed by atoms with Crippen LogP contribution in [0.3, 0.4) is 0 Å². The van der Waals surface area contributed by atoms with Crippen LogP contribution in [0.25, 0.3) is 111 Å². The van der Waals surface area contributed by atoms with Gasteiger partial charge in [-0.15, -0.1) is 0 Å². The molecule has 2 aromatic heterocycles. The van der Waals surface area contributed by atoms with Crippen LogP contribution in [0.5, 0.6) is 0 Å². The van der Waals surface area contributed by atoms with E-state index in [1.54, 1.807) is 0 Å². The van der Waals surface area contributed by atoms with Crippen LogP contribution in [-0.2, 0) is 0 Å². The highest BCUT2D eigenvalue weighted by Crippen LogP contribution is 2.44. The van der Waals surface area contributed by atoms with Gasteiger partial charge in [0.25, 0.3) is 0 Å². The Labute approximate surface area is 317 Å². The number of hydrogen-bond donors (Lipinski definition) is 0. The second-order valence-electron chi connectivity index (χ2n) is 14.0. The molecule has 0 aliphatic carbocycles. The van der Waals surface area contributed by atoms with E-state index >= 15 is 0 Å². The Bertz CT molecular complexity index is 3260. The molecule has 0 spiro atoms. The Morgan fingerprint density at radius 3 is 1.56 bits per heavy atom. The zero-order valence-corrected chi connectivity index (χ0v) is 29.6. The Morgan fingerprint density at radius 1 is 0.327 bits per heavy atom. The van der Waals surface area contributed by atoms with Crippen molar-refractivity contribution in [2.24, 2.45) is 0 Å². The number of rotatable bonds is 5. The van der Waals surface area contributed by atoms with Crippen molar-refractivity contribution in [1.29, 1.82) is 0 Å². The van der Waals surface area contributed by atoms with Gasteiger partial charge in [0.1, 0.15) is 11.2 Å². The van der Waals surface area contributed by atoms with Gasteiger partial charge in [-0.05, 0) is 73.3 Å². The average Bonchev–Trinajstić information content (AvgIpc) is 3.63. The molecule has 4 nitrogen and oxygen atoms in total. The highest BCUT2D eigenvalue weighted by Gasteiger charge is 2.20. The Morgan fingerprint density at radius 2 is 0.855 bits per heavy atom. The molecular formula is C51H31N3O. The molecular weight excluding hydrogens is 671 g/mol. The third kappa shape index (κ3) is 5.34. The Kier molecular flexibility index (Phi) is 7.14. The van der Waals surface area contributed by atoms with Gasteiger partial charge in [-0.2, -0.15) is 0 Å². The molecule has 256 valence electrons. The molecule has 11 aromatic rings. The van der Waals surface area contributed by atoms with Crippen LogP contribution in [0.2, 0.25) is 0 Å². The lowest BCUT2D eigenvalue weighted by Gasteiger charge is -2.11. The third-order valence-corrected chi connectivity index (χ3v) is 10.7. The van der Waals surface area contributed by atoms with E-state index < -0.39 is 0 Å². The van der Waals surface area contributed by atoms with Crippen molar-refractivity contribution in [3.05, 3.63) is 188 Å². The number of nitrogens with zero attached hydrogens (tertiary/aromatic N) is 3. The molecule has 0 N–H and O–H groups in total. The van der Waals surface area contributed by atoms with Gasteiger partial charge in [-0.25, -0.2) is 15.0 Å². The Balaban J connectivity index is 1.05. The number of benzene rings is 9. The van der Waals surface area contributed by atoms with Crippen molar-refractivity contribution >= 4 is 54.3 Å². The SMILES string of the molecule is c1ccc(-c2nc(-c3ccc(-c4cccc5oc6c(-c7ccc8ccccc8c7)c7ccccc7cc6c45)cc3)nc(-c3ccc4ccccc4c3)n2)cc1. The van der Waals surface area contributed by atoms with Crippen LogP contribution in [0, 0.1) is 0 Å². The largest absolute Gasteiger partial charge is 0.455 e. The molecule has 0 radical (unpaired) electrons. The van der Waals surface area contributed by atoms with Gasteiger partial charge >= 0.3 is 0 Å². The number of fused-ring (bicyclic) bond motifs is 6. The molecule has 0 saturated carbocycles. The zero-order chi connectivity index (χ0) is 36.3. The molecule has 2 heterocycles. The minimum atomic E-state index is 0.627. The summed E-state index contributed by atoms with van der Waals surface area (Å²) >= 11 is 0. The van der Waals surface area contributed by atoms with Crippen molar-refractivity contribution in [1.82, 2.24) is 15.0 Å². The lowest BCUT2D eigenvalue weighted by atomic mass is 9.92. The van der Waals surface area contributed by atoms with Gasteiger partial charge < -0.3 is 4.42 Å². The first kappa shape index (κ1) is 31.1. The second-order valence-corrected chi connectivity index (χ2v) is 14.0. The van der Waals surface area contributed by atoms with E-state index in [1.807, 2.05) is 30.3 Å². The van der Waals surface area contributed by atoms with Gasteiger partial charge in [0.2, 0.25) is 0 Å². The smallest absolute Gasteiger partial charge is 0.164 e. The Hall–Kier alpha value is -7.43. The molecule has 55 heavy (non-hydrogen) atoms. The lowest BCUT2D eigenvalue weighted by Crippen LogP contribution is -2.00. The number of furan rings is 1. The highest BCUT2D eigenvalue weighted by molar-refractivity contribution is 6.21. The van der Waals surface area contributed by atoms with E-state index in [0.717, 1.165) is 66.3 Å². The van der Waals surface area contributed by atoms with Crippen LogP contribution < -0.4 is 0 Å². The van der Waals surface area contributed by atoms with Crippen LogP contribution in [-0.4, -0.2) is 15.0 Å². The molecule has 0 atom stereocenters. The van der Waals surface area contributed by atoms with Crippen LogP contribution in [0.4, 0.5) is 0 Å². The summed E-state index contributed by atoms with van der Waals surface area (Å²) in [5, 5.41) is 9.30. The number of hydrogen-bond acceptors (Lipinski definition) is 4. The summed E-state index contributed by atoms with van der Waals surface area (Å²) in [6, 6.07) is 65.8. The first-order valence-corrected chi connectivity index (χ1v) is 18.5. The maximum Gasteiger partial charge on any atom is 0.164 e. The maximum absolute atomic E-state index is 6.82. The molecule has 0 saturated heterocycles. The molecule has 0 fully saturated rings. The monoisotopic (exact) mass is 701 g/mol. The summed E-state index contributed by atoms with van der Waals surface area (Å²) < 4.78 is 6.82. The van der Waals surface area contributed by atoms with Crippen LogP contribution in [0.1, 0.15) is 0 Å². The molecule has 0 aliphatic heterocycles. The first-order valence-electron chi connectivity index (χ1n) is 18.5. The molecule has 0 bridgehead atoms. The van der Waals surface area contributed by atoms with Crippen molar-refractivity contribution < 1.29 is 4.42 Å². The standard InChI is InChI=1S/C51H31N3O/c1-2-13-35(14-3-1)49-52-50(54-51(53-49)41-28-22-33-12-5-7-16-38(33)30-41)36-25-23-34(24-26-36)42-19-10-20-45-47(42)44-31-39-17-8-9-18-43(39)46(48(44)55-45)40-27-21-32-11-4-6-15-37(32)29-40/h1-31H. The molecule has 9 aromatic carbocycles. The summed E-state index contributed by atoms with van der Waals surface area (Å²) in [7, 11) is 0. The van der Waals surface area contributed by atoms with Crippen molar-refractivity contribution in [2.45, 2.75) is 0 Å². The van der Waals surface area contributed by atoms with Crippen molar-refractivity contribution in [3.63, 3.8) is 0 Å². The van der Waals surface area contributed by atoms with Crippen molar-refractivity contribution in [2.75, 3.05) is 0 Å². The second kappa shape index (κ2) is 12.6. The predicted molar refractivity (Wildman–Crippen MR) is 227 cm³/mol. The highest BCUT2D eigenvalue weighted by atomic mass is 16.3. The van der Waals surface area contributed by atoms with E-state index in [0.29, 0.717) is 17.5 Å². The molecule has 4 heteroatoms. The van der Waals surface area contributed by atoms with Gasteiger partial charge in [0.05, 0.1) is 0 Å². The van der Waals surface area contributed by atoms with Crippen molar-refractivity contribution in [3.8, 4) is 56.4 Å². The normalized spacial score (nSPS) is 11.6. The molecule has 0 aliphatic rings. The molecule has 0 amide bonds. The summed E-state index contributed by atoms with van der Waals surface area (Å²) in [5.74, 6) is 1.91. The van der Waals surface area contributed by atoms with E-state index in [-0.39, 0.29) is 0 Å². The quantitative estimate of drug-likeness (QED) is 0.179. The minimum Gasteiger partial charge on any atom is -0.455 e. The summed E-state index contributed by atoms with van der Waals surface area (Å²) in [4.78, 5) is 15.0. The summed E-state index contributed by atoms with van der Waals surface area (Å²) in [6.45, 7) is 0. The maximum atomic E-state index is 6.82. The van der Waals surface area contributed by atoms with E-state index in [4.69, 9.17) is 19.4 Å². The zero-order valence-electron chi connectivity index (χ0n) is 29.6. The van der Waals surface area contributed by atoms with Gasteiger partial charge in [-0.3, -0.25) is 0 Å². The fourth-order valence-electron chi connectivity index (χ4n) is 7.97. The first-order chi connectivity index (χ1) is 27.2. The van der Waals surface area contributed by atoms with E-state index in [2.05, 4.69) is 158 Å². The molecule has 0 unspecified atom stereocenters. The topological polar surface area (TPSA) is 51.8 Å². The average molecular weight is 702 g/mol. The lowest BCUT2D eigenvalue weighted by molar-refractivity contribution is 0.670. The fourth-order valence-corrected chi connectivity index (χ4v) is 7.97. The summed E-state index contributed by atoms with van der Waals surface area (Å²) in [5.41, 5.74) is 9.02. The number of aromatic nitrogens is 3. The summed E-state index contributed by atoms with van der Waals surface area (Å²) in [6.07, 6.45) is 0. The van der Waals surface area contributed by atoms with Gasteiger partial charge in [0.15, 0.2) is 17.5 Å². The van der Waals surface area contributed by atoms with Crippen LogP contribution in [0.15, 0.2) is 192 Å². The van der Waals surface area contributed by atoms with Gasteiger partial charge in [0, 0.05) is 33.0 Å². The third-order valence-electron chi connectivity index (χ3n) is 10.7.